The van der Waals surface area contributed by atoms with Gasteiger partial charge in [-0.3, -0.25) is 4.99 Å². The molecule has 0 amide bonds. The third-order valence-corrected chi connectivity index (χ3v) is 4.32. The SMILES string of the molecule is COc1ccc(C2CN=C(N)N2CC2CCCO2)cc1C. The smallest absolute Gasteiger partial charge is 0.192 e. The highest BCUT2D eigenvalue weighted by Gasteiger charge is 2.31. The molecule has 0 bridgehead atoms. The maximum absolute atomic E-state index is 6.07. The fraction of sp³-hybridized carbons (Fsp3) is 0.562. The van der Waals surface area contributed by atoms with Crippen molar-refractivity contribution >= 4 is 5.96 Å². The van der Waals surface area contributed by atoms with Crippen LogP contribution in [0.4, 0.5) is 0 Å². The number of aliphatic imine (C=N–C) groups is 1. The largest absolute Gasteiger partial charge is 0.496 e. The van der Waals surface area contributed by atoms with Crippen LogP contribution < -0.4 is 10.5 Å². The Balaban J connectivity index is 1.78. The number of hydrogen-bond donors (Lipinski definition) is 1. The normalized spacial score (nSPS) is 25.2. The van der Waals surface area contributed by atoms with Crippen molar-refractivity contribution in [2.45, 2.75) is 31.9 Å². The predicted molar refractivity (Wildman–Crippen MR) is 82.6 cm³/mol. The number of rotatable bonds is 4. The topological polar surface area (TPSA) is 60.1 Å². The van der Waals surface area contributed by atoms with Crippen molar-refractivity contribution in [1.82, 2.24) is 4.90 Å². The zero-order chi connectivity index (χ0) is 14.8. The lowest BCUT2D eigenvalue weighted by molar-refractivity contribution is 0.0852. The maximum atomic E-state index is 6.07. The molecule has 3 rings (SSSR count). The molecule has 0 saturated carbocycles. The van der Waals surface area contributed by atoms with E-state index in [2.05, 4.69) is 28.9 Å². The van der Waals surface area contributed by atoms with Gasteiger partial charge in [0.05, 0.1) is 25.8 Å². The lowest BCUT2D eigenvalue weighted by Gasteiger charge is -2.29. The number of guanidine groups is 1. The number of aryl methyl sites for hydroxylation is 1. The van der Waals surface area contributed by atoms with E-state index in [9.17, 15) is 0 Å². The van der Waals surface area contributed by atoms with Crippen LogP contribution >= 0.6 is 0 Å². The molecule has 1 aromatic carbocycles. The van der Waals surface area contributed by atoms with Crippen molar-refractivity contribution < 1.29 is 9.47 Å². The number of nitrogens with zero attached hydrogens (tertiary/aromatic N) is 2. The number of benzene rings is 1. The van der Waals surface area contributed by atoms with Crippen molar-refractivity contribution in [3.05, 3.63) is 29.3 Å². The van der Waals surface area contributed by atoms with Crippen LogP contribution in [0.5, 0.6) is 5.75 Å². The number of ether oxygens (including phenoxy) is 2. The Kier molecular flexibility index (Phi) is 4.01. The van der Waals surface area contributed by atoms with Crippen LogP contribution in [0.1, 0.15) is 30.0 Å². The molecular formula is C16H23N3O2. The Morgan fingerprint density at radius 1 is 1.48 bits per heavy atom. The maximum Gasteiger partial charge on any atom is 0.192 e. The van der Waals surface area contributed by atoms with Gasteiger partial charge in [-0.2, -0.15) is 0 Å². The molecule has 5 nitrogen and oxygen atoms in total. The van der Waals surface area contributed by atoms with Gasteiger partial charge in [-0.1, -0.05) is 12.1 Å². The third-order valence-electron chi connectivity index (χ3n) is 4.32. The van der Waals surface area contributed by atoms with Crippen LogP contribution in [0, 0.1) is 6.92 Å². The Labute approximate surface area is 125 Å². The zero-order valence-electron chi connectivity index (χ0n) is 12.7. The fourth-order valence-corrected chi connectivity index (χ4v) is 3.15. The number of nitrogens with two attached hydrogens (primary N) is 1. The van der Waals surface area contributed by atoms with Gasteiger partial charge in [-0.15, -0.1) is 0 Å². The first-order chi connectivity index (χ1) is 10.2. The van der Waals surface area contributed by atoms with Gasteiger partial charge in [0.25, 0.3) is 0 Å². The summed E-state index contributed by atoms with van der Waals surface area (Å²) in [6.45, 7) is 4.46. The lowest BCUT2D eigenvalue weighted by atomic mass is 10.0. The van der Waals surface area contributed by atoms with Crippen molar-refractivity contribution in [2.75, 3.05) is 26.8 Å². The zero-order valence-corrected chi connectivity index (χ0v) is 12.7. The monoisotopic (exact) mass is 289 g/mol. The Morgan fingerprint density at radius 3 is 3.00 bits per heavy atom. The van der Waals surface area contributed by atoms with Crippen LogP contribution in [-0.4, -0.2) is 43.8 Å². The molecule has 2 unspecified atom stereocenters. The van der Waals surface area contributed by atoms with Crippen LogP contribution in [0.3, 0.4) is 0 Å². The van der Waals surface area contributed by atoms with E-state index in [1.54, 1.807) is 7.11 Å². The lowest BCUT2D eigenvalue weighted by Crippen LogP contribution is -2.41. The highest BCUT2D eigenvalue weighted by molar-refractivity contribution is 5.80. The first-order valence-corrected chi connectivity index (χ1v) is 7.51. The summed E-state index contributed by atoms with van der Waals surface area (Å²) in [4.78, 5) is 6.60. The fourth-order valence-electron chi connectivity index (χ4n) is 3.15. The quantitative estimate of drug-likeness (QED) is 0.919. The Hall–Kier alpha value is -1.75. The average molecular weight is 289 g/mol. The highest BCUT2D eigenvalue weighted by Crippen LogP contribution is 2.30. The van der Waals surface area contributed by atoms with E-state index >= 15 is 0 Å². The van der Waals surface area contributed by atoms with Gasteiger partial charge in [0, 0.05) is 13.2 Å². The van der Waals surface area contributed by atoms with Crippen molar-refractivity contribution in [1.29, 1.82) is 0 Å². The minimum absolute atomic E-state index is 0.207. The van der Waals surface area contributed by atoms with E-state index in [0.29, 0.717) is 12.5 Å². The number of methoxy groups -OCH3 is 1. The molecule has 2 atom stereocenters. The molecule has 2 N–H and O–H groups in total. The molecule has 2 aliphatic rings. The van der Waals surface area contributed by atoms with Crippen molar-refractivity contribution in [3.63, 3.8) is 0 Å². The van der Waals surface area contributed by atoms with Gasteiger partial charge in [0.15, 0.2) is 5.96 Å². The minimum Gasteiger partial charge on any atom is -0.496 e. The molecule has 1 saturated heterocycles. The van der Waals surface area contributed by atoms with Crippen LogP contribution in [0.2, 0.25) is 0 Å². The van der Waals surface area contributed by atoms with E-state index in [4.69, 9.17) is 15.2 Å². The van der Waals surface area contributed by atoms with Gasteiger partial charge in [0.2, 0.25) is 0 Å². The molecule has 1 fully saturated rings. The van der Waals surface area contributed by atoms with E-state index in [1.807, 2.05) is 6.07 Å². The molecule has 0 radical (unpaired) electrons. The van der Waals surface area contributed by atoms with Crippen LogP contribution in [0.25, 0.3) is 0 Å². The van der Waals surface area contributed by atoms with Gasteiger partial charge >= 0.3 is 0 Å². The molecule has 2 aliphatic heterocycles. The molecule has 114 valence electrons. The predicted octanol–water partition coefficient (Wildman–Crippen LogP) is 1.85. The van der Waals surface area contributed by atoms with Gasteiger partial charge in [0.1, 0.15) is 5.75 Å². The molecule has 1 aromatic rings. The van der Waals surface area contributed by atoms with E-state index in [0.717, 1.165) is 37.3 Å². The first-order valence-electron chi connectivity index (χ1n) is 7.51. The highest BCUT2D eigenvalue weighted by atomic mass is 16.5. The molecule has 0 aliphatic carbocycles. The Bertz CT molecular complexity index is 538. The second-order valence-electron chi connectivity index (χ2n) is 5.73. The summed E-state index contributed by atoms with van der Waals surface area (Å²) in [5.41, 5.74) is 8.44. The van der Waals surface area contributed by atoms with Crippen molar-refractivity contribution in [2.24, 2.45) is 10.7 Å². The second-order valence-corrected chi connectivity index (χ2v) is 5.73. The summed E-state index contributed by atoms with van der Waals surface area (Å²) in [6.07, 6.45) is 2.53. The van der Waals surface area contributed by atoms with Gasteiger partial charge in [-0.05, 0) is 37.0 Å². The molecule has 0 aromatic heterocycles. The molecule has 21 heavy (non-hydrogen) atoms. The first kappa shape index (κ1) is 14.2. The number of hydrogen-bond acceptors (Lipinski definition) is 5. The van der Waals surface area contributed by atoms with Gasteiger partial charge in [-0.25, -0.2) is 0 Å². The summed E-state index contributed by atoms with van der Waals surface area (Å²) in [5.74, 6) is 1.54. The van der Waals surface area contributed by atoms with Crippen LogP contribution in [0.15, 0.2) is 23.2 Å². The average Bonchev–Trinajstić information content (AvgIpc) is 3.11. The summed E-state index contributed by atoms with van der Waals surface area (Å²) < 4.78 is 11.1. The molecule has 0 spiro atoms. The second kappa shape index (κ2) is 5.93. The summed E-state index contributed by atoms with van der Waals surface area (Å²) in [7, 11) is 1.70. The summed E-state index contributed by atoms with van der Waals surface area (Å²) >= 11 is 0. The van der Waals surface area contributed by atoms with Gasteiger partial charge < -0.3 is 20.1 Å². The van der Waals surface area contributed by atoms with Crippen molar-refractivity contribution in [3.8, 4) is 5.75 Å². The Morgan fingerprint density at radius 2 is 2.33 bits per heavy atom. The van der Waals surface area contributed by atoms with E-state index < -0.39 is 0 Å². The molecular weight excluding hydrogens is 266 g/mol. The minimum atomic E-state index is 0.207. The summed E-state index contributed by atoms with van der Waals surface area (Å²) in [5, 5.41) is 0. The molecule has 5 heteroatoms. The molecule has 2 heterocycles. The van der Waals surface area contributed by atoms with E-state index in [-0.39, 0.29) is 12.1 Å². The summed E-state index contributed by atoms with van der Waals surface area (Å²) in [6, 6.07) is 6.50. The third kappa shape index (κ3) is 2.83. The standard InChI is InChI=1S/C16H23N3O2/c1-11-8-12(5-6-15(11)20-2)14-9-18-16(17)19(14)10-13-4-3-7-21-13/h5-6,8,13-14H,3-4,7,9-10H2,1-2H3,(H2,17,18). The van der Waals surface area contributed by atoms with E-state index in [1.165, 1.54) is 5.56 Å². The van der Waals surface area contributed by atoms with Crippen LogP contribution in [-0.2, 0) is 4.74 Å².